The van der Waals surface area contributed by atoms with Crippen LogP contribution in [0.3, 0.4) is 0 Å². The fourth-order valence-corrected chi connectivity index (χ4v) is 5.29. The van der Waals surface area contributed by atoms with Crippen molar-refractivity contribution in [1.29, 1.82) is 0 Å². The first-order chi connectivity index (χ1) is 16.5. The van der Waals surface area contributed by atoms with Gasteiger partial charge in [0, 0.05) is 79.7 Å². The van der Waals surface area contributed by atoms with Crippen molar-refractivity contribution in [3.05, 3.63) is 54.5 Å². The van der Waals surface area contributed by atoms with Crippen LogP contribution in [0.1, 0.15) is 31.4 Å². The number of likely N-dealkylation sites (N-methyl/N-ethyl adjacent to an activating group) is 1. The van der Waals surface area contributed by atoms with Crippen molar-refractivity contribution in [3.63, 3.8) is 0 Å². The Kier molecular flexibility index (Phi) is 6.92. The van der Waals surface area contributed by atoms with Crippen molar-refractivity contribution in [2.75, 3.05) is 39.8 Å². The second-order valence-corrected chi connectivity index (χ2v) is 9.95. The number of hydrogen-bond donors (Lipinski definition) is 0. The molecular formula is C27H32FN5O. The molecule has 3 aromatic rings. The number of ketones is 1. The predicted octanol–water partition coefficient (Wildman–Crippen LogP) is 4.00. The molecule has 1 saturated carbocycles. The molecule has 0 N–H and O–H groups in total. The van der Waals surface area contributed by atoms with E-state index in [0.29, 0.717) is 23.7 Å². The molecule has 2 fully saturated rings. The number of piperazine rings is 1. The summed E-state index contributed by atoms with van der Waals surface area (Å²) in [5, 5.41) is 0.899. The van der Waals surface area contributed by atoms with Crippen LogP contribution in [0.4, 0.5) is 4.39 Å². The third-order valence-corrected chi connectivity index (χ3v) is 7.43. The largest absolute Gasteiger partial charge is 0.304 e. The molecule has 0 amide bonds. The van der Waals surface area contributed by atoms with E-state index < -0.39 is 0 Å². The lowest BCUT2D eigenvalue weighted by molar-refractivity contribution is -0.123. The van der Waals surface area contributed by atoms with Gasteiger partial charge in [-0.25, -0.2) is 4.39 Å². The van der Waals surface area contributed by atoms with Crippen LogP contribution in [0.2, 0.25) is 0 Å². The lowest BCUT2D eigenvalue weighted by atomic mass is 9.79. The number of hydrogen-bond acceptors (Lipinski definition) is 6. The Hall–Kier alpha value is -2.77. The van der Waals surface area contributed by atoms with Crippen LogP contribution in [0.15, 0.2) is 43.0 Å². The first-order valence-electron chi connectivity index (χ1n) is 12.3. The van der Waals surface area contributed by atoms with Gasteiger partial charge in [0.05, 0.1) is 17.9 Å². The van der Waals surface area contributed by atoms with Crippen LogP contribution >= 0.6 is 0 Å². The molecule has 1 saturated heterocycles. The molecule has 0 aromatic carbocycles. The van der Waals surface area contributed by atoms with Crippen molar-refractivity contribution in [2.45, 2.75) is 32.1 Å². The summed E-state index contributed by atoms with van der Waals surface area (Å²) in [5.41, 5.74) is 3.00. The molecule has 1 aliphatic heterocycles. The molecule has 6 nitrogen and oxygen atoms in total. The second kappa shape index (κ2) is 10.2. The van der Waals surface area contributed by atoms with E-state index in [1.165, 1.54) is 18.8 Å². The minimum atomic E-state index is -0.378. The molecule has 5 rings (SSSR count). The number of nitrogens with zero attached hydrogens (tertiary/aromatic N) is 5. The van der Waals surface area contributed by atoms with Crippen LogP contribution in [0, 0.1) is 17.7 Å². The molecule has 0 atom stereocenters. The Labute approximate surface area is 200 Å². The highest BCUT2D eigenvalue weighted by atomic mass is 19.1. The second-order valence-electron chi connectivity index (χ2n) is 9.95. The Morgan fingerprint density at radius 1 is 0.941 bits per heavy atom. The van der Waals surface area contributed by atoms with Gasteiger partial charge in [0.1, 0.15) is 11.6 Å². The van der Waals surface area contributed by atoms with Crippen LogP contribution < -0.4 is 0 Å². The summed E-state index contributed by atoms with van der Waals surface area (Å²) in [4.78, 5) is 30.9. The Morgan fingerprint density at radius 3 is 2.47 bits per heavy atom. The summed E-state index contributed by atoms with van der Waals surface area (Å²) in [6, 6.07) is 5.34. The quantitative estimate of drug-likeness (QED) is 0.553. The first-order valence-corrected chi connectivity index (χ1v) is 12.3. The highest BCUT2D eigenvalue weighted by molar-refractivity contribution is 5.86. The minimum Gasteiger partial charge on any atom is -0.304 e. The lowest BCUT2D eigenvalue weighted by Gasteiger charge is -2.36. The number of Topliss-reactive ketones (excluding diaryl/α,β-unsaturated/α-hetero) is 1. The van der Waals surface area contributed by atoms with E-state index in [4.69, 9.17) is 0 Å². The standard InChI is InChI=1S/C27H32FN5O/c1-32-6-8-33(9-7-32)18-19-2-4-20(5-3-19)27(34)13-25-12-21-10-22(15-31-26(21)17-30-25)23-11-24(28)16-29-14-23/h10-12,14-17,19-20H,2-9,13,18H2,1H3. The monoisotopic (exact) mass is 461 g/mol. The molecule has 4 heterocycles. The van der Waals surface area contributed by atoms with Crippen LogP contribution in [0.25, 0.3) is 22.0 Å². The van der Waals surface area contributed by atoms with Gasteiger partial charge in [-0.05, 0) is 56.8 Å². The molecule has 3 aromatic heterocycles. The van der Waals surface area contributed by atoms with Crippen LogP contribution in [-0.4, -0.2) is 70.3 Å². The van der Waals surface area contributed by atoms with E-state index in [1.807, 2.05) is 12.1 Å². The van der Waals surface area contributed by atoms with Crippen LogP contribution in [-0.2, 0) is 11.2 Å². The zero-order chi connectivity index (χ0) is 23.5. The molecule has 0 unspecified atom stereocenters. The van der Waals surface area contributed by atoms with E-state index in [9.17, 15) is 9.18 Å². The third-order valence-electron chi connectivity index (χ3n) is 7.43. The first kappa shape index (κ1) is 23.0. The van der Waals surface area contributed by atoms with E-state index in [1.54, 1.807) is 18.6 Å². The van der Waals surface area contributed by atoms with Crippen LogP contribution in [0.5, 0.6) is 0 Å². The van der Waals surface area contributed by atoms with Crippen molar-refractivity contribution in [3.8, 4) is 11.1 Å². The number of halogens is 1. The SMILES string of the molecule is CN1CCN(CC2CCC(C(=O)Cc3cc4cc(-c5cncc(F)c5)cnc4cn3)CC2)CC1. The zero-order valence-electron chi connectivity index (χ0n) is 19.8. The average molecular weight is 462 g/mol. The predicted molar refractivity (Wildman–Crippen MR) is 131 cm³/mol. The smallest absolute Gasteiger partial charge is 0.142 e. The molecule has 7 heteroatoms. The van der Waals surface area contributed by atoms with E-state index in [-0.39, 0.29) is 11.7 Å². The van der Waals surface area contributed by atoms with Gasteiger partial charge in [0.25, 0.3) is 0 Å². The minimum absolute atomic E-state index is 0.143. The number of carbonyl (C=O) groups is 1. The number of pyridine rings is 3. The molecule has 0 bridgehead atoms. The molecule has 1 aliphatic carbocycles. The van der Waals surface area contributed by atoms with Gasteiger partial charge in [0.2, 0.25) is 0 Å². The van der Waals surface area contributed by atoms with E-state index >= 15 is 0 Å². The molecule has 34 heavy (non-hydrogen) atoms. The summed E-state index contributed by atoms with van der Waals surface area (Å²) in [5.74, 6) is 0.775. The Morgan fingerprint density at radius 2 is 1.71 bits per heavy atom. The molecule has 178 valence electrons. The average Bonchev–Trinajstić information content (AvgIpc) is 2.85. The number of carbonyl (C=O) groups excluding carboxylic acids is 1. The Balaban J connectivity index is 1.19. The fraction of sp³-hybridized carbons (Fsp3) is 0.481. The summed E-state index contributed by atoms with van der Waals surface area (Å²) in [7, 11) is 2.19. The maximum Gasteiger partial charge on any atom is 0.142 e. The van der Waals surface area contributed by atoms with Gasteiger partial charge < -0.3 is 9.80 Å². The van der Waals surface area contributed by atoms with Crippen molar-refractivity contribution in [1.82, 2.24) is 24.8 Å². The molecule has 2 aliphatic rings. The maximum absolute atomic E-state index is 13.6. The summed E-state index contributed by atoms with van der Waals surface area (Å²) in [6.45, 7) is 5.81. The van der Waals surface area contributed by atoms with Gasteiger partial charge in [-0.2, -0.15) is 0 Å². The third kappa shape index (κ3) is 5.47. The number of aromatic nitrogens is 3. The highest BCUT2D eigenvalue weighted by Gasteiger charge is 2.28. The zero-order valence-corrected chi connectivity index (χ0v) is 19.8. The van der Waals surface area contributed by atoms with Gasteiger partial charge in [-0.1, -0.05) is 0 Å². The Bertz CT molecular complexity index is 1150. The van der Waals surface area contributed by atoms with Gasteiger partial charge in [-0.15, -0.1) is 0 Å². The number of rotatable bonds is 6. The lowest BCUT2D eigenvalue weighted by Crippen LogP contribution is -2.46. The molecule has 0 radical (unpaired) electrons. The summed E-state index contributed by atoms with van der Waals surface area (Å²) in [6.07, 6.45) is 10.8. The highest BCUT2D eigenvalue weighted by Crippen LogP contribution is 2.31. The van der Waals surface area contributed by atoms with E-state index in [2.05, 4.69) is 31.8 Å². The molecule has 0 spiro atoms. The normalized spacial score (nSPS) is 22.2. The van der Waals surface area contributed by atoms with Crippen molar-refractivity contribution < 1.29 is 9.18 Å². The topological polar surface area (TPSA) is 62.2 Å². The van der Waals surface area contributed by atoms with Gasteiger partial charge in [-0.3, -0.25) is 19.7 Å². The van der Waals surface area contributed by atoms with Gasteiger partial charge >= 0.3 is 0 Å². The maximum atomic E-state index is 13.6. The van der Waals surface area contributed by atoms with Gasteiger partial charge in [0.15, 0.2) is 0 Å². The van der Waals surface area contributed by atoms with Crippen molar-refractivity contribution in [2.24, 2.45) is 11.8 Å². The summed E-state index contributed by atoms with van der Waals surface area (Å²) >= 11 is 0. The fourth-order valence-electron chi connectivity index (χ4n) is 5.29. The summed E-state index contributed by atoms with van der Waals surface area (Å²) < 4.78 is 13.6. The number of fused-ring (bicyclic) bond motifs is 1. The van der Waals surface area contributed by atoms with Crippen molar-refractivity contribution >= 4 is 16.7 Å². The van der Waals surface area contributed by atoms with E-state index in [0.717, 1.165) is 74.0 Å². The molecular weight excluding hydrogens is 429 g/mol.